The summed E-state index contributed by atoms with van der Waals surface area (Å²) < 4.78 is 21.9. The standard InChI is InChI=1S/C8H19NO6P2.Tc/c10-16(11,12)8(17(13,14)15)9-7-5-3-1-2-4-6-7;/h7-9H,1-6H2,(H2,10,11,12)(H2,13,14,15);/p-2/i;1+1. The Morgan fingerprint density at radius 2 is 1.39 bits per heavy atom. The minimum absolute atomic E-state index is 0. The summed E-state index contributed by atoms with van der Waals surface area (Å²) in [5.74, 6) is 0. The molecule has 1 saturated carbocycles. The van der Waals surface area contributed by atoms with Crippen molar-refractivity contribution in [3.05, 3.63) is 0 Å². The summed E-state index contributed by atoms with van der Waals surface area (Å²) >= 11 is 0. The van der Waals surface area contributed by atoms with Crippen LogP contribution in [-0.4, -0.2) is 21.4 Å². The third kappa shape index (κ3) is 6.38. The molecule has 109 valence electrons. The fourth-order valence-electron chi connectivity index (χ4n) is 2.03. The number of nitrogens with one attached hydrogen (secondary N) is 1. The van der Waals surface area contributed by atoms with E-state index in [1.807, 2.05) is 0 Å². The maximum Gasteiger partial charge on any atom is 0.157 e. The molecule has 0 aliphatic heterocycles. The predicted octanol–water partition coefficient (Wildman–Crippen LogP) is -0.329. The zero-order valence-electron chi connectivity index (χ0n) is 9.70. The first-order chi connectivity index (χ1) is 7.71. The molecule has 0 bridgehead atoms. The molecule has 1 radical (unpaired) electrons. The molecule has 1 aliphatic rings. The summed E-state index contributed by atoms with van der Waals surface area (Å²) in [7, 11) is -10.3. The molecule has 0 spiro atoms. The first kappa shape index (κ1) is 18.9. The third-order valence-corrected chi connectivity index (χ3v) is 6.14. The van der Waals surface area contributed by atoms with Crippen LogP contribution in [0.1, 0.15) is 38.5 Å². The Kier molecular flexibility index (Phi) is 8.01. The molecule has 2 unspecified atom stereocenters. The summed E-state index contributed by atoms with van der Waals surface area (Å²) in [6.45, 7) is 0. The van der Waals surface area contributed by atoms with Crippen molar-refractivity contribution in [2.24, 2.45) is 0 Å². The predicted molar refractivity (Wildman–Crippen MR) is 58.1 cm³/mol. The summed E-state index contributed by atoms with van der Waals surface area (Å²) in [5, 5.41) is 2.32. The topological polar surface area (TPSA) is 133 Å². The van der Waals surface area contributed by atoms with Crippen molar-refractivity contribution in [3.8, 4) is 0 Å². The van der Waals surface area contributed by atoms with Crippen molar-refractivity contribution in [1.29, 1.82) is 0 Å². The van der Waals surface area contributed by atoms with Crippen molar-refractivity contribution in [3.63, 3.8) is 0 Å². The van der Waals surface area contributed by atoms with Crippen LogP contribution in [0.25, 0.3) is 0 Å². The van der Waals surface area contributed by atoms with Gasteiger partial charge in [0.05, 0.1) is 0 Å². The van der Waals surface area contributed by atoms with E-state index in [0.717, 1.165) is 25.7 Å². The monoisotopic (exact) mass is 384 g/mol. The van der Waals surface area contributed by atoms with Crippen LogP contribution in [-0.2, 0) is 29.2 Å². The molecular formula is C8H17NO6P2Tc-2. The molecule has 0 aromatic carbocycles. The summed E-state index contributed by atoms with van der Waals surface area (Å²) in [6, 6.07) is -0.314. The molecule has 0 aromatic heterocycles. The van der Waals surface area contributed by atoms with Crippen LogP contribution in [0.3, 0.4) is 0 Å². The number of hydrogen-bond acceptors (Lipinski definition) is 5. The van der Waals surface area contributed by atoms with Gasteiger partial charge in [-0.2, -0.15) is 0 Å². The Bertz CT molecular complexity index is 312. The minimum atomic E-state index is -5.16. The van der Waals surface area contributed by atoms with E-state index < -0.39 is 20.7 Å². The maximum atomic E-state index is 10.9. The molecule has 1 fully saturated rings. The number of hydrogen-bond donors (Lipinski definition) is 3. The average Bonchev–Trinajstić information content (AvgIpc) is 2.38. The first-order valence-corrected chi connectivity index (χ1v) is 8.83. The molecule has 1 rings (SSSR count). The Labute approximate surface area is 119 Å². The summed E-state index contributed by atoms with van der Waals surface area (Å²) in [5.41, 5.74) is -2.29. The molecule has 2 atom stereocenters. The van der Waals surface area contributed by atoms with E-state index in [-0.39, 0.29) is 26.1 Å². The van der Waals surface area contributed by atoms with Gasteiger partial charge in [-0.3, -0.25) is 5.32 Å². The Balaban J connectivity index is 0.00000289. The van der Waals surface area contributed by atoms with E-state index >= 15 is 0 Å². The third-order valence-electron chi connectivity index (χ3n) is 2.86. The molecule has 10 heteroatoms. The smallest absolute Gasteiger partial charge is 0.157 e. The first-order valence-electron chi connectivity index (χ1n) is 5.54. The molecule has 0 saturated heterocycles. The van der Waals surface area contributed by atoms with Gasteiger partial charge in [0.2, 0.25) is 0 Å². The second kappa shape index (κ2) is 7.63. The van der Waals surface area contributed by atoms with E-state index in [4.69, 9.17) is 9.79 Å². The molecule has 0 aromatic rings. The Hall–Kier alpha value is 0.909. The van der Waals surface area contributed by atoms with Gasteiger partial charge in [-0.05, 0) is 12.8 Å². The SMILES string of the molecule is O=P([O-])(O)C(NC1CCCCCC1)P(=O)([O-])O.[99Tc]. The molecule has 0 amide bonds. The fourth-order valence-corrected chi connectivity index (χ4v) is 4.30. The van der Waals surface area contributed by atoms with Crippen LogP contribution in [0.5, 0.6) is 0 Å². The molecule has 0 heterocycles. The fraction of sp³-hybridized carbons (Fsp3) is 1.00. The quantitative estimate of drug-likeness (QED) is 0.447. The zero-order valence-corrected chi connectivity index (χ0v) is 13.3. The van der Waals surface area contributed by atoms with Crippen LogP contribution in [0.2, 0.25) is 0 Å². The zero-order chi connectivity index (χ0) is 13.1. The Morgan fingerprint density at radius 1 is 1.00 bits per heavy atom. The van der Waals surface area contributed by atoms with Gasteiger partial charge in [0.15, 0.2) is 15.2 Å². The second-order valence-electron chi connectivity index (χ2n) is 4.36. The van der Waals surface area contributed by atoms with Crippen molar-refractivity contribution >= 4 is 15.2 Å². The van der Waals surface area contributed by atoms with Gasteiger partial charge in [0.1, 0.15) is 5.52 Å². The van der Waals surface area contributed by atoms with Crippen LogP contribution >= 0.6 is 15.2 Å². The van der Waals surface area contributed by atoms with Gasteiger partial charge >= 0.3 is 0 Å². The summed E-state index contributed by atoms with van der Waals surface area (Å²) in [6.07, 6.45) is 5.05. The second-order valence-corrected chi connectivity index (χ2v) is 8.05. The largest absolute Gasteiger partial charge is 0.777 e. The maximum absolute atomic E-state index is 10.9. The van der Waals surface area contributed by atoms with Crippen LogP contribution in [0.15, 0.2) is 0 Å². The van der Waals surface area contributed by atoms with E-state index in [0.29, 0.717) is 12.8 Å². The van der Waals surface area contributed by atoms with Crippen LogP contribution < -0.4 is 15.1 Å². The minimum Gasteiger partial charge on any atom is -0.777 e. The molecule has 3 N–H and O–H groups in total. The molecular weight excluding hydrogens is 367 g/mol. The van der Waals surface area contributed by atoms with Gasteiger partial charge in [-0.15, -0.1) is 0 Å². The molecule has 18 heavy (non-hydrogen) atoms. The van der Waals surface area contributed by atoms with E-state index in [2.05, 4.69) is 5.32 Å². The van der Waals surface area contributed by atoms with Crippen molar-refractivity contribution in [1.82, 2.24) is 5.32 Å². The van der Waals surface area contributed by atoms with Crippen LogP contribution in [0, 0.1) is 0 Å². The number of rotatable bonds is 4. The van der Waals surface area contributed by atoms with E-state index in [9.17, 15) is 18.9 Å². The molecule has 7 nitrogen and oxygen atoms in total. The normalized spacial score (nSPS) is 26.2. The van der Waals surface area contributed by atoms with Crippen molar-refractivity contribution in [2.75, 3.05) is 0 Å². The van der Waals surface area contributed by atoms with Gasteiger partial charge < -0.3 is 28.7 Å². The van der Waals surface area contributed by atoms with Crippen LogP contribution in [0.4, 0.5) is 0 Å². The van der Waals surface area contributed by atoms with Crippen molar-refractivity contribution in [2.45, 2.75) is 50.1 Å². The van der Waals surface area contributed by atoms with Gasteiger partial charge in [-0.25, -0.2) is 0 Å². The van der Waals surface area contributed by atoms with Gasteiger partial charge in [0.25, 0.3) is 0 Å². The van der Waals surface area contributed by atoms with Gasteiger partial charge in [-0.1, -0.05) is 25.7 Å². The Morgan fingerprint density at radius 3 is 1.72 bits per heavy atom. The average molecular weight is 384 g/mol. The summed E-state index contributed by atoms with van der Waals surface area (Å²) in [4.78, 5) is 39.5. The van der Waals surface area contributed by atoms with Crippen molar-refractivity contribution < 1.29 is 48.8 Å². The molecule has 1 aliphatic carbocycles. The van der Waals surface area contributed by atoms with E-state index in [1.165, 1.54) is 0 Å². The van der Waals surface area contributed by atoms with Gasteiger partial charge in [0, 0.05) is 26.1 Å². The van der Waals surface area contributed by atoms with E-state index in [1.54, 1.807) is 0 Å².